The smallest absolute Gasteiger partial charge is 0.151 e. The second-order valence-electron chi connectivity index (χ2n) is 3.03. The summed E-state index contributed by atoms with van der Waals surface area (Å²) in [5.74, 6) is 0.727. The fourth-order valence-electron chi connectivity index (χ4n) is 1.47. The summed E-state index contributed by atoms with van der Waals surface area (Å²) in [5.41, 5.74) is 1.32. The molecule has 0 saturated heterocycles. The molecule has 72 valence electrons. The molecule has 1 aliphatic heterocycles. The van der Waals surface area contributed by atoms with E-state index in [1.807, 2.05) is 24.3 Å². The summed E-state index contributed by atoms with van der Waals surface area (Å²) >= 11 is 5.98. The molecule has 14 heavy (non-hydrogen) atoms. The van der Waals surface area contributed by atoms with Crippen molar-refractivity contribution in [3.05, 3.63) is 34.9 Å². The molecule has 0 aliphatic carbocycles. The number of aldehydes is 1. The lowest BCUT2D eigenvalue weighted by Crippen LogP contribution is -1.95. The molecule has 0 bridgehead atoms. The first-order valence-corrected chi connectivity index (χ1v) is 4.77. The third-order valence-electron chi connectivity index (χ3n) is 2.17. The second-order valence-corrected chi connectivity index (χ2v) is 3.49. The average Bonchev–Trinajstić information content (AvgIpc) is 2.36. The first-order chi connectivity index (χ1) is 6.83. The first-order valence-electron chi connectivity index (χ1n) is 4.39. The Bertz CT molecular complexity index is 396. The number of para-hydroxylation sites is 1. The number of carbonyl (C=O) groups is 1. The van der Waals surface area contributed by atoms with Crippen molar-refractivity contribution < 1.29 is 9.53 Å². The van der Waals surface area contributed by atoms with Crippen LogP contribution in [0.15, 0.2) is 29.3 Å². The predicted octanol–water partition coefficient (Wildman–Crippen LogP) is 2.62. The van der Waals surface area contributed by atoms with Crippen LogP contribution in [-0.4, -0.2) is 12.9 Å². The van der Waals surface area contributed by atoms with Gasteiger partial charge in [-0.2, -0.15) is 0 Å². The van der Waals surface area contributed by atoms with E-state index in [0.717, 1.165) is 17.6 Å². The van der Waals surface area contributed by atoms with Crippen LogP contribution in [0.1, 0.15) is 12.0 Å². The Kier molecular flexibility index (Phi) is 2.55. The molecule has 0 spiro atoms. The number of benzene rings is 1. The van der Waals surface area contributed by atoms with Crippen molar-refractivity contribution in [1.82, 2.24) is 0 Å². The van der Waals surface area contributed by atoms with E-state index in [1.54, 1.807) is 0 Å². The van der Waals surface area contributed by atoms with E-state index in [0.29, 0.717) is 23.6 Å². The minimum atomic E-state index is 0.521. The zero-order chi connectivity index (χ0) is 9.97. The number of halogens is 1. The van der Waals surface area contributed by atoms with Crippen LogP contribution in [0.25, 0.3) is 5.57 Å². The lowest BCUT2D eigenvalue weighted by Gasteiger charge is -2.05. The molecule has 1 aromatic rings. The van der Waals surface area contributed by atoms with Crippen LogP contribution in [0.2, 0.25) is 0 Å². The van der Waals surface area contributed by atoms with Crippen LogP contribution < -0.4 is 4.74 Å². The van der Waals surface area contributed by atoms with Crippen molar-refractivity contribution in [1.29, 1.82) is 0 Å². The summed E-state index contributed by atoms with van der Waals surface area (Å²) in [6.45, 7) is 0.521. The number of hydrogen-bond donors (Lipinski definition) is 0. The van der Waals surface area contributed by atoms with Crippen molar-refractivity contribution in [3.8, 4) is 5.75 Å². The molecule has 0 saturated carbocycles. The van der Waals surface area contributed by atoms with E-state index in [9.17, 15) is 4.79 Å². The van der Waals surface area contributed by atoms with Gasteiger partial charge in [-0.05, 0) is 6.07 Å². The lowest BCUT2D eigenvalue weighted by atomic mass is 10.1. The molecular formula is C11H9ClO2. The topological polar surface area (TPSA) is 26.3 Å². The highest BCUT2D eigenvalue weighted by Crippen LogP contribution is 2.32. The molecule has 0 N–H and O–H groups in total. The number of hydrogen-bond acceptors (Lipinski definition) is 2. The predicted molar refractivity (Wildman–Crippen MR) is 55.4 cm³/mol. The number of allylic oxidation sites excluding steroid dienone is 1. The summed E-state index contributed by atoms with van der Waals surface area (Å²) < 4.78 is 5.47. The highest BCUT2D eigenvalue weighted by Gasteiger charge is 2.15. The quantitative estimate of drug-likeness (QED) is 0.664. The normalized spacial score (nSPS) is 15.5. The van der Waals surface area contributed by atoms with Crippen LogP contribution in [0.4, 0.5) is 0 Å². The van der Waals surface area contributed by atoms with Gasteiger partial charge in [0.1, 0.15) is 5.75 Å². The van der Waals surface area contributed by atoms with Crippen LogP contribution in [-0.2, 0) is 4.79 Å². The van der Waals surface area contributed by atoms with Crippen LogP contribution in [0, 0.1) is 0 Å². The molecule has 0 radical (unpaired) electrons. The third kappa shape index (κ3) is 1.53. The van der Waals surface area contributed by atoms with E-state index in [-0.39, 0.29) is 0 Å². The Balaban J connectivity index is 2.60. The van der Waals surface area contributed by atoms with Gasteiger partial charge >= 0.3 is 0 Å². The summed E-state index contributed by atoms with van der Waals surface area (Å²) in [7, 11) is 0. The van der Waals surface area contributed by atoms with Gasteiger partial charge in [-0.1, -0.05) is 29.8 Å². The Hall–Kier alpha value is -1.28. The third-order valence-corrected chi connectivity index (χ3v) is 2.56. The van der Waals surface area contributed by atoms with E-state index < -0.39 is 0 Å². The van der Waals surface area contributed by atoms with E-state index in [1.165, 1.54) is 0 Å². The highest BCUT2D eigenvalue weighted by atomic mass is 35.5. The van der Waals surface area contributed by atoms with Gasteiger partial charge in [-0.15, -0.1) is 0 Å². The Morgan fingerprint density at radius 2 is 2.14 bits per heavy atom. The maximum absolute atomic E-state index is 10.9. The highest BCUT2D eigenvalue weighted by molar-refractivity contribution is 6.36. The molecule has 0 atom stereocenters. The minimum Gasteiger partial charge on any atom is -0.493 e. The van der Waals surface area contributed by atoms with E-state index in [4.69, 9.17) is 16.3 Å². The van der Waals surface area contributed by atoms with E-state index >= 15 is 0 Å². The zero-order valence-corrected chi connectivity index (χ0v) is 8.25. The van der Waals surface area contributed by atoms with Crippen molar-refractivity contribution in [3.63, 3.8) is 0 Å². The van der Waals surface area contributed by atoms with Gasteiger partial charge in [0, 0.05) is 22.6 Å². The molecule has 3 heteroatoms. The fraction of sp³-hybridized carbons (Fsp3) is 0.182. The Morgan fingerprint density at radius 1 is 1.36 bits per heavy atom. The first kappa shape index (κ1) is 9.28. The van der Waals surface area contributed by atoms with Gasteiger partial charge in [0.05, 0.1) is 6.61 Å². The SMILES string of the molecule is O=CC1=C(Cl)CCOc2ccccc21. The maximum atomic E-state index is 10.9. The van der Waals surface area contributed by atoms with Crippen LogP contribution in [0.3, 0.4) is 0 Å². The van der Waals surface area contributed by atoms with Crippen molar-refractivity contribution in [2.45, 2.75) is 6.42 Å². The van der Waals surface area contributed by atoms with Crippen LogP contribution >= 0.6 is 11.6 Å². The molecule has 0 aromatic heterocycles. The van der Waals surface area contributed by atoms with Gasteiger partial charge in [0.2, 0.25) is 0 Å². The summed E-state index contributed by atoms with van der Waals surface area (Å²) in [5, 5.41) is 0.574. The van der Waals surface area contributed by atoms with Gasteiger partial charge in [0.15, 0.2) is 6.29 Å². The summed E-state index contributed by atoms with van der Waals surface area (Å²) in [6.07, 6.45) is 1.38. The van der Waals surface area contributed by atoms with Gasteiger partial charge in [0.25, 0.3) is 0 Å². The fourth-order valence-corrected chi connectivity index (χ4v) is 1.70. The summed E-state index contributed by atoms with van der Waals surface area (Å²) in [4.78, 5) is 10.9. The average molecular weight is 209 g/mol. The Morgan fingerprint density at radius 3 is 2.93 bits per heavy atom. The van der Waals surface area contributed by atoms with Crippen molar-refractivity contribution in [2.75, 3.05) is 6.61 Å². The lowest BCUT2D eigenvalue weighted by molar-refractivity contribution is -0.103. The molecule has 0 unspecified atom stereocenters. The monoisotopic (exact) mass is 208 g/mol. The molecule has 0 amide bonds. The molecule has 1 aliphatic rings. The minimum absolute atomic E-state index is 0.521. The number of fused-ring (bicyclic) bond motifs is 1. The largest absolute Gasteiger partial charge is 0.493 e. The van der Waals surface area contributed by atoms with Crippen LogP contribution in [0.5, 0.6) is 5.75 Å². The second kappa shape index (κ2) is 3.84. The molecular weight excluding hydrogens is 200 g/mol. The summed E-state index contributed by atoms with van der Waals surface area (Å²) in [6, 6.07) is 7.42. The molecule has 1 heterocycles. The van der Waals surface area contributed by atoms with Gasteiger partial charge in [-0.3, -0.25) is 4.79 Å². The zero-order valence-electron chi connectivity index (χ0n) is 7.50. The van der Waals surface area contributed by atoms with Crippen molar-refractivity contribution in [2.24, 2.45) is 0 Å². The maximum Gasteiger partial charge on any atom is 0.151 e. The molecule has 0 fully saturated rings. The number of carbonyl (C=O) groups excluding carboxylic acids is 1. The Labute approximate surface area is 87.1 Å². The molecule has 1 aromatic carbocycles. The van der Waals surface area contributed by atoms with Crippen molar-refractivity contribution >= 4 is 23.5 Å². The number of ether oxygens (including phenoxy) is 1. The van der Waals surface area contributed by atoms with Gasteiger partial charge in [-0.25, -0.2) is 0 Å². The van der Waals surface area contributed by atoms with Gasteiger partial charge < -0.3 is 4.74 Å². The number of rotatable bonds is 1. The molecule has 2 nitrogen and oxygen atoms in total. The standard InChI is InChI=1S/C11H9ClO2/c12-10-5-6-14-11-4-2-1-3-8(11)9(10)7-13/h1-4,7H,5-6H2. The molecule has 2 rings (SSSR count). The van der Waals surface area contributed by atoms with E-state index in [2.05, 4.69) is 0 Å².